The van der Waals surface area contributed by atoms with Gasteiger partial charge in [0.25, 0.3) is 5.91 Å². The standard InChI is InChI=1S/C18H18N2O4S/c1-10-3-5-12(6-4-10)16(22)19-17-15(18(23)24)13-7-8-20(11(2)21)9-14(13)25-17/h3-6H,7-9H2,1-2H3,(H,19,22)(H,23,24). The summed E-state index contributed by atoms with van der Waals surface area (Å²) in [5.74, 6) is -1.45. The predicted octanol–water partition coefficient (Wildman–Crippen LogP) is 2.91. The van der Waals surface area contributed by atoms with Crippen LogP contribution in [0.5, 0.6) is 0 Å². The van der Waals surface area contributed by atoms with Crippen LogP contribution in [-0.2, 0) is 17.8 Å². The summed E-state index contributed by atoms with van der Waals surface area (Å²) < 4.78 is 0. The van der Waals surface area contributed by atoms with Crippen molar-refractivity contribution >= 4 is 34.1 Å². The molecule has 7 heteroatoms. The van der Waals surface area contributed by atoms with E-state index in [9.17, 15) is 19.5 Å². The molecule has 3 rings (SSSR count). The van der Waals surface area contributed by atoms with Gasteiger partial charge in [0.1, 0.15) is 5.00 Å². The molecule has 6 nitrogen and oxygen atoms in total. The van der Waals surface area contributed by atoms with E-state index >= 15 is 0 Å². The first kappa shape index (κ1) is 17.2. The van der Waals surface area contributed by atoms with E-state index in [-0.39, 0.29) is 17.4 Å². The molecular formula is C18H18N2O4S. The fraction of sp³-hybridized carbons (Fsp3) is 0.278. The molecule has 2 heterocycles. The van der Waals surface area contributed by atoms with E-state index in [0.717, 1.165) is 10.4 Å². The molecule has 2 aromatic rings. The van der Waals surface area contributed by atoms with E-state index in [0.29, 0.717) is 35.6 Å². The Balaban J connectivity index is 1.91. The van der Waals surface area contributed by atoms with E-state index < -0.39 is 5.97 Å². The smallest absolute Gasteiger partial charge is 0.339 e. The summed E-state index contributed by atoms with van der Waals surface area (Å²) >= 11 is 1.23. The highest BCUT2D eigenvalue weighted by Crippen LogP contribution is 2.37. The maximum Gasteiger partial charge on any atom is 0.339 e. The number of nitrogens with one attached hydrogen (secondary N) is 1. The van der Waals surface area contributed by atoms with Crippen LogP contribution < -0.4 is 5.32 Å². The molecule has 0 spiro atoms. The van der Waals surface area contributed by atoms with E-state index in [2.05, 4.69) is 5.32 Å². The van der Waals surface area contributed by atoms with E-state index in [1.54, 1.807) is 17.0 Å². The first-order chi connectivity index (χ1) is 11.9. The van der Waals surface area contributed by atoms with Gasteiger partial charge in [-0.2, -0.15) is 0 Å². The quantitative estimate of drug-likeness (QED) is 0.883. The zero-order valence-corrected chi connectivity index (χ0v) is 14.8. The Kier molecular flexibility index (Phi) is 4.59. The summed E-state index contributed by atoms with van der Waals surface area (Å²) in [6, 6.07) is 7.07. The minimum atomic E-state index is -1.06. The number of carbonyl (C=O) groups excluding carboxylic acids is 2. The second kappa shape index (κ2) is 6.68. The molecule has 0 fully saturated rings. The van der Waals surface area contributed by atoms with Crippen LogP contribution in [0, 0.1) is 6.92 Å². The molecule has 1 aromatic heterocycles. The molecule has 2 N–H and O–H groups in total. The van der Waals surface area contributed by atoms with Crippen molar-refractivity contribution < 1.29 is 19.5 Å². The lowest BCUT2D eigenvalue weighted by Crippen LogP contribution is -2.33. The Hall–Kier alpha value is -2.67. The van der Waals surface area contributed by atoms with Crippen LogP contribution in [0.2, 0.25) is 0 Å². The van der Waals surface area contributed by atoms with Crippen molar-refractivity contribution in [3.05, 3.63) is 51.4 Å². The zero-order valence-electron chi connectivity index (χ0n) is 14.0. The molecule has 130 valence electrons. The van der Waals surface area contributed by atoms with Crippen molar-refractivity contribution in [1.82, 2.24) is 4.90 Å². The minimum absolute atomic E-state index is 0.0406. The number of aryl methyl sites for hydroxylation is 1. The van der Waals surface area contributed by atoms with Gasteiger partial charge in [-0.3, -0.25) is 9.59 Å². The second-order valence-electron chi connectivity index (χ2n) is 6.02. The molecule has 0 radical (unpaired) electrons. The molecule has 25 heavy (non-hydrogen) atoms. The Morgan fingerprint density at radius 1 is 1.20 bits per heavy atom. The summed E-state index contributed by atoms with van der Waals surface area (Å²) in [6.45, 7) is 4.30. The number of hydrogen-bond acceptors (Lipinski definition) is 4. The maximum atomic E-state index is 12.4. The number of thiophene rings is 1. The predicted molar refractivity (Wildman–Crippen MR) is 95.2 cm³/mol. The normalized spacial score (nSPS) is 13.3. The summed E-state index contributed by atoms with van der Waals surface area (Å²) in [6.07, 6.45) is 0.480. The van der Waals surface area contributed by atoms with Crippen LogP contribution >= 0.6 is 11.3 Å². The zero-order chi connectivity index (χ0) is 18.1. The molecule has 1 aromatic carbocycles. The fourth-order valence-corrected chi connectivity index (χ4v) is 4.12. The number of benzene rings is 1. The number of amides is 2. The fourth-order valence-electron chi connectivity index (χ4n) is 2.87. The van der Waals surface area contributed by atoms with Gasteiger partial charge in [0.2, 0.25) is 5.91 Å². The van der Waals surface area contributed by atoms with Crippen molar-refractivity contribution in [3.63, 3.8) is 0 Å². The lowest BCUT2D eigenvalue weighted by molar-refractivity contribution is -0.129. The highest BCUT2D eigenvalue weighted by atomic mass is 32.1. The van der Waals surface area contributed by atoms with Crippen molar-refractivity contribution in [2.24, 2.45) is 0 Å². The number of hydrogen-bond donors (Lipinski definition) is 2. The van der Waals surface area contributed by atoms with Crippen LogP contribution in [0.1, 0.15) is 43.6 Å². The van der Waals surface area contributed by atoms with E-state index in [1.165, 1.54) is 18.3 Å². The van der Waals surface area contributed by atoms with Crippen LogP contribution in [0.15, 0.2) is 24.3 Å². The first-order valence-electron chi connectivity index (χ1n) is 7.88. The van der Waals surface area contributed by atoms with Crippen LogP contribution in [0.4, 0.5) is 5.00 Å². The summed E-state index contributed by atoms with van der Waals surface area (Å²) in [7, 11) is 0. The average molecular weight is 358 g/mol. The van der Waals surface area contributed by atoms with Crippen LogP contribution in [0.3, 0.4) is 0 Å². The second-order valence-corrected chi connectivity index (χ2v) is 7.13. The van der Waals surface area contributed by atoms with Crippen molar-refractivity contribution in [2.45, 2.75) is 26.8 Å². The number of anilines is 1. The maximum absolute atomic E-state index is 12.4. The Bertz CT molecular complexity index is 855. The van der Waals surface area contributed by atoms with Gasteiger partial charge in [-0.1, -0.05) is 17.7 Å². The number of carboxylic acid groups (broad SMARTS) is 1. The topological polar surface area (TPSA) is 86.7 Å². The molecule has 0 saturated heterocycles. The molecule has 1 aliphatic heterocycles. The third-order valence-corrected chi connectivity index (χ3v) is 5.39. The Morgan fingerprint density at radius 2 is 1.88 bits per heavy atom. The molecule has 1 aliphatic rings. The summed E-state index contributed by atoms with van der Waals surface area (Å²) in [5, 5.41) is 12.6. The van der Waals surface area contributed by atoms with Crippen molar-refractivity contribution in [1.29, 1.82) is 0 Å². The molecule has 0 bridgehead atoms. The average Bonchev–Trinajstić information content (AvgIpc) is 2.92. The number of fused-ring (bicyclic) bond motifs is 1. The van der Waals surface area contributed by atoms with Gasteiger partial charge in [-0.15, -0.1) is 11.3 Å². The van der Waals surface area contributed by atoms with Gasteiger partial charge in [0.15, 0.2) is 0 Å². The van der Waals surface area contributed by atoms with Gasteiger partial charge >= 0.3 is 5.97 Å². The van der Waals surface area contributed by atoms with E-state index in [1.807, 2.05) is 19.1 Å². The molecule has 0 saturated carbocycles. The highest BCUT2D eigenvalue weighted by molar-refractivity contribution is 7.17. The summed E-state index contributed by atoms with van der Waals surface area (Å²) in [5.41, 5.74) is 2.37. The molecular weight excluding hydrogens is 340 g/mol. The van der Waals surface area contributed by atoms with Crippen molar-refractivity contribution in [3.8, 4) is 0 Å². The lowest BCUT2D eigenvalue weighted by atomic mass is 10.0. The minimum Gasteiger partial charge on any atom is -0.478 e. The Labute approximate surface area is 149 Å². The number of carboxylic acids is 1. The third-order valence-electron chi connectivity index (χ3n) is 4.26. The van der Waals surface area contributed by atoms with Gasteiger partial charge in [0, 0.05) is 23.9 Å². The van der Waals surface area contributed by atoms with Gasteiger partial charge in [-0.05, 0) is 31.0 Å². The monoisotopic (exact) mass is 358 g/mol. The molecule has 0 atom stereocenters. The van der Waals surface area contributed by atoms with Gasteiger partial charge in [-0.25, -0.2) is 4.79 Å². The molecule has 0 aliphatic carbocycles. The molecule has 2 amide bonds. The largest absolute Gasteiger partial charge is 0.478 e. The number of nitrogens with zero attached hydrogens (tertiary/aromatic N) is 1. The van der Waals surface area contributed by atoms with Gasteiger partial charge in [0.05, 0.1) is 12.1 Å². The highest BCUT2D eigenvalue weighted by Gasteiger charge is 2.29. The lowest BCUT2D eigenvalue weighted by Gasteiger charge is -2.25. The van der Waals surface area contributed by atoms with Crippen LogP contribution in [-0.4, -0.2) is 34.3 Å². The Morgan fingerprint density at radius 3 is 2.48 bits per heavy atom. The van der Waals surface area contributed by atoms with Crippen LogP contribution in [0.25, 0.3) is 0 Å². The first-order valence-corrected chi connectivity index (χ1v) is 8.70. The number of carbonyl (C=O) groups is 3. The van der Waals surface area contributed by atoms with Gasteiger partial charge < -0.3 is 15.3 Å². The molecule has 0 unspecified atom stereocenters. The third kappa shape index (κ3) is 3.41. The van der Waals surface area contributed by atoms with Crippen molar-refractivity contribution in [2.75, 3.05) is 11.9 Å². The van der Waals surface area contributed by atoms with E-state index in [4.69, 9.17) is 0 Å². The number of aromatic carboxylic acids is 1. The SMILES string of the molecule is CC(=O)N1CCc2c(sc(NC(=O)c3ccc(C)cc3)c2C(=O)O)C1. The number of rotatable bonds is 3. The summed E-state index contributed by atoms with van der Waals surface area (Å²) in [4.78, 5) is 38.2.